The molecule has 1 aromatic carbocycles. The van der Waals surface area contributed by atoms with Crippen molar-refractivity contribution in [3.8, 4) is 11.4 Å². The lowest BCUT2D eigenvalue weighted by Gasteiger charge is -2.02. The SMILES string of the molecule is NCCc1cccc(-c2nnc3cccnn23)c1. The molecule has 0 saturated carbocycles. The standard InChI is InChI=1S/C13H13N5/c14-7-6-10-3-1-4-11(9-10)13-17-16-12-5-2-8-15-18(12)13/h1-5,8-9H,6-7,14H2. The van der Waals surface area contributed by atoms with Crippen LogP contribution in [0.2, 0.25) is 0 Å². The number of aromatic nitrogens is 4. The molecule has 90 valence electrons. The second-order valence-corrected chi connectivity index (χ2v) is 4.06. The predicted molar refractivity (Wildman–Crippen MR) is 69.0 cm³/mol. The second kappa shape index (κ2) is 4.54. The molecular formula is C13H13N5. The number of fused-ring (bicyclic) bond motifs is 1. The Morgan fingerprint density at radius 3 is 2.94 bits per heavy atom. The summed E-state index contributed by atoms with van der Waals surface area (Å²) < 4.78 is 1.74. The molecular weight excluding hydrogens is 226 g/mol. The van der Waals surface area contributed by atoms with Crippen LogP contribution in [-0.2, 0) is 6.42 Å². The van der Waals surface area contributed by atoms with E-state index < -0.39 is 0 Å². The maximum atomic E-state index is 5.57. The van der Waals surface area contributed by atoms with Gasteiger partial charge in [-0.2, -0.15) is 9.61 Å². The summed E-state index contributed by atoms with van der Waals surface area (Å²) in [5, 5.41) is 12.5. The Morgan fingerprint density at radius 1 is 1.11 bits per heavy atom. The molecule has 5 nitrogen and oxygen atoms in total. The van der Waals surface area contributed by atoms with Crippen LogP contribution in [-0.4, -0.2) is 26.4 Å². The zero-order chi connectivity index (χ0) is 12.4. The second-order valence-electron chi connectivity index (χ2n) is 4.06. The average molecular weight is 239 g/mol. The van der Waals surface area contributed by atoms with E-state index in [-0.39, 0.29) is 0 Å². The lowest BCUT2D eigenvalue weighted by Crippen LogP contribution is -2.02. The van der Waals surface area contributed by atoms with E-state index in [1.165, 1.54) is 5.56 Å². The Balaban J connectivity index is 2.11. The Morgan fingerprint density at radius 2 is 2.06 bits per heavy atom. The molecule has 0 spiro atoms. The molecule has 3 rings (SSSR count). The first-order valence-electron chi connectivity index (χ1n) is 5.84. The van der Waals surface area contributed by atoms with Crippen molar-refractivity contribution in [3.05, 3.63) is 48.2 Å². The Labute approximate surface area is 104 Å². The van der Waals surface area contributed by atoms with Crippen LogP contribution in [0.25, 0.3) is 17.0 Å². The molecule has 0 radical (unpaired) electrons. The monoisotopic (exact) mass is 239 g/mol. The molecule has 0 amide bonds. The minimum absolute atomic E-state index is 0.641. The van der Waals surface area contributed by atoms with Gasteiger partial charge in [-0.3, -0.25) is 0 Å². The normalized spacial score (nSPS) is 10.9. The van der Waals surface area contributed by atoms with Gasteiger partial charge in [0.15, 0.2) is 11.5 Å². The van der Waals surface area contributed by atoms with Gasteiger partial charge in [0.1, 0.15) is 0 Å². The molecule has 0 aliphatic carbocycles. The van der Waals surface area contributed by atoms with E-state index in [1.807, 2.05) is 24.3 Å². The van der Waals surface area contributed by atoms with E-state index in [4.69, 9.17) is 5.73 Å². The molecule has 3 aromatic rings. The van der Waals surface area contributed by atoms with Crippen molar-refractivity contribution >= 4 is 5.65 Å². The quantitative estimate of drug-likeness (QED) is 0.747. The van der Waals surface area contributed by atoms with Gasteiger partial charge >= 0.3 is 0 Å². The summed E-state index contributed by atoms with van der Waals surface area (Å²) in [6.07, 6.45) is 2.58. The van der Waals surface area contributed by atoms with Gasteiger partial charge in [-0.05, 0) is 36.7 Å². The van der Waals surface area contributed by atoms with Gasteiger partial charge in [0.2, 0.25) is 0 Å². The highest BCUT2D eigenvalue weighted by molar-refractivity contribution is 5.59. The lowest BCUT2D eigenvalue weighted by atomic mass is 10.1. The highest BCUT2D eigenvalue weighted by Gasteiger charge is 2.08. The van der Waals surface area contributed by atoms with E-state index in [9.17, 15) is 0 Å². The minimum atomic E-state index is 0.641. The maximum Gasteiger partial charge on any atom is 0.185 e. The number of rotatable bonds is 3. The smallest absolute Gasteiger partial charge is 0.185 e. The van der Waals surface area contributed by atoms with E-state index in [0.717, 1.165) is 23.5 Å². The third-order valence-electron chi connectivity index (χ3n) is 2.80. The first-order valence-corrected chi connectivity index (χ1v) is 5.84. The van der Waals surface area contributed by atoms with E-state index in [0.29, 0.717) is 6.54 Å². The van der Waals surface area contributed by atoms with Gasteiger partial charge in [0.25, 0.3) is 0 Å². The van der Waals surface area contributed by atoms with Crippen molar-refractivity contribution in [1.82, 2.24) is 19.8 Å². The molecule has 0 bridgehead atoms. The first kappa shape index (κ1) is 10.9. The average Bonchev–Trinajstić information content (AvgIpc) is 2.83. The van der Waals surface area contributed by atoms with Gasteiger partial charge in [-0.15, -0.1) is 10.2 Å². The van der Waals surface area contributed by atoms with Gasteiger partial charge in [-0.1, -0.05) is 18.2 Å². The molecule has 2 aromatic heterocycles. The fourth-order valence-corrected chi connectivity index (χ4v) is 1.96. The van der Waals surface area contributed by atoms with Gasteiger partial charge in [0.05, 0.1) is 0 Å². The summed E-state index contributed by atoms with van der Waals surface area (Å²) in [4.78, 5) is 0. The molecule has 0 fully saturated rings. The number of nitrogens with two attached hydrogens (primary N) is 1. The van der Waals surface area contributed by atoms with Gasteiger partial charge < -0.3 is 5.73 Å². The first-order chi connectivity index (χ1) is 8.88. The Kier molecular flexibility index (Phi) is 2.74. The van der Waals surface area contributed by atoms with Crippen molar-refractivity contribution in [1.29, 1.82) is 0 Å². The van der Waals surface area contributed by atoms with Crippen LogP contribution in [0.15, 0.2) is 42.6 Å². The highest BCUT2D eigenvalue weighted by Crippen LogP contribution is 2.18. The number of hydrogen-bond acceptors (Lipinski definition) is 4. The molecule has 18 heavy (non-hydrogen) atoms. The van der Waals surface area contributed by atoms with E-state index in [2.05, 4.69) is 27.4 Å². The van der Waals surface area contributed by atoms with Crippen LogP contribution in [0.1, 0.15) is 5.56 Å². The van der Waals surface area contributed by atoms with Crippen molar-refractivity contribution in [2.45, 2.75) is 6.42 Å². The Hall–Kier alpha value is -2.27. The van der Waals surface area contributed by atoms with Crippen LogP contribution in [0, 0.1) is 0 Å². The summed E-state index contributed by atoms with van der Waals surface area (Å²) in [6.45, 7) is 0.641. The number of benzene rings is 1. The van der Waals surface area contributed by atoms with Crippen LogP contribution in [0.4, 0.5) is 0 Å². The van der Waals surface area contributed by atoms with Crippen molar-refractivity contribution in [2.75, 3.05) is 6.54 Å². The molecule has 0 aliphatic heterocycles. The topological polar surface area (TPSA) is 69.1 Å². The molecule has 0 unspecified atom stereocenters. The summed E-state index contributed by atoms with van der Waals surface area (Å²) in [5.74, 6) is 0.754. The predicted octanol–water partition coefficient (Wildman–Crippen LogP) is 1.29. The highest BCUT2D eigenvalue weighted by atomic mass is 15.4. The molecule has 5 heteroatoms. The van der Waals surface area contributed by atoms with E-state index in [1.54, 1.807) is 10.7 Å². The molecule has 0 atom stereocenters. The lowest BCUT2D eigenvalue weighted by molar-refractivity contribution is 0.932. The van der Waals surface area contributed by atoms with Crippen LogP contribution >= 0.6 is 0 Å². The van der Waals surface area contributed by atoms with Gasteiger partial charge in [-0.25, -0.2) is 0 Å². The molecule has 0 aliphatic rings. The fourth-order valence-electron chi connectivity index (χ4n) is 1.96. The van der Waals surface area contributed by atoms with Crippen molar-refractivity contribution in [2.24, 2.45) is 5.73 Å². The summed E-state index contributed by atoms with van der Waals surface area (Å²) in [6, 6.07) is 11.9. The van der Waals surface area contributed by atoms with Crippen LogP contribution in [0.3, 0.4) is 0 Å². The third-order valence-corrected chi connectivity index (χ3v) is 2.80. The van der Waals surface area contributed by atoms with E-state index >= 15 is 0 Å². The van der Waals surface area contributed by atoms with Crippen molar-refractivity contribution in [3.63, 3.8) is 0 Å². The molecule has 2 N–H and O–H groups in total. The number of hydrogen-bond donors (Lipinski definition) is 1. The zero-order valence-corrected chi connectivity index (χ0v) is 9.82. The number of nitrogens with zero attached hydrogens (tertiary/aromatic N) is 4. The van der Waals surface area contributed by atoms with Crippen molar-refractivity contribution < 1.29 is 0 Å². The van der Waals surface area contributed by atoms with Gasteiger partial charge in [0, 0.05) is 11.8 Å². The fraction of sp³-hybridized carbons (Fsp3) is 0.154. The summed E-state index contributed by atoms with van der Waals surface area (Å²) in [7, 11) is 0. The maximum absolute atomic E-state index is 5.57. The van der Waals surface area contributed by atoms with Crippen LogP contribution < -0.4 is 5.73 Å². The largest absolute Gasteiger partial charge is 0.330 e. The molecule has 2 heterocycles. The summed E-state index contributed by atoms with van der Waals surface area (Å²) >= 11 is 0. The minimum Gasteiger partial charge on any atom is -0.330 e. The molecule has 0 saturated heterocycles. The third kappa shape index (κ3) is 1.84. The zero-order valence-electron chi connectivity index (χ0n) is 9.82. The van der Waals surface area contributed by atoms with Crippen LogP contribution in [0.5, 0.6) is 0 Å². The summed E-state index contributed by atoms with van der Waals surface area (Å²) in [5.41, 5.74) is 8.52. The Bertz CT molecular complexity index is 674.